The Labute approximate surface area is 145 Å². The van der Waals surface area contributed by atoms with E-state index in [-0.39, 0.29) is 12.4 Å². The van der Waals surface area contributed by atoms with Gasteiger partial charge in [-0.05, 0) is 36.2 Å². The molecule has 0 aliphatic carbocycles. The monoisotopic (exact) mass is 376 g/mol. The topological polar surface area (TPSA) is 18.8 Å². The van der Waals surface area contributed by atoms with Crippen LogP contribution in [-0.4, -0.2) is 19.0 Å². The van der Waals surface area contributed by atoms with Crippen LogP contribution < -0.4 is 22.2 Å². The maximum Gasteiger partial charge on any atom is 0.206 e. The quantitative estimate of drug-likeness (QED) is 0.779. The number of rotatable bonds is 2. The molecule has 0 amide bonds. The van der Waals surface area contributed by atoms with Crippen LogP contribution in [-0.2, 0) is 6.54 Å². The van der Waals surface area contributed by atoms with Gasteiger partial charge in [-0.2, -0.15) is 0 Å². The van der Waals surface area contributed by atoms with Crippen molar-refractivity contribution in [2.24, 2.45) is 4.99 Å². The van der Waals surface area contributed by atoms with Crippen molar-refractivity contribution in [1.29, 1.82) is 0 Å². The van der Waals surface area contributed by atoms with Gasteiger partial charge in [0.2, 0.25) is 5.96 Å². The zero-order valence-corrected chi connectivity index (χ0v) is 14.4. The third-order valence-electron chi connectivity index (χ3n) is 3.99. The molecule has 2 heterocycles. The second kappa shape index (κ2) is 6.31. The number of fused-ring (bicyclic) bond motifs is 3. The number of benzene rings is 2. The Kier molecular flexibility index (Phi) is 4.41. The van der Waals surface area contributed by atoms with Crippen molar-refractivity contribution in [3.05, 3.63) is 58.6 Å². The van der Waals surface area contributed by atoms with E-state index in [1.807, 2.05) is 0 Å². The summed E-state index contributed by atoms with van der Waals surface area (Å²) >= 11 is 3.49. The Morgan fingerprint density at radius 1 is 1.00 bits per heavy atom. The van der Waals surface area contributed by atoms with Crippen LogP contribution in [0.2, 0.25) is 0 Å². The van der Waals surface area contributed by atoms with E-state index >= 15 is 0 Å². The van der Waals surface area contributed by atoms with E-state index < -0.39 is 0 Å². The lowest BCUT2D eigenvalue weighted by Gasteiger charge is -2.26. The van der Waals surface area contributed by atoms with E-state index in [9.17, 15) is 0 Å². The van der Waals surface area contributed by atoms with Gasteiger partial charge in [0.15, 0.2) is 0 Å². The van der Waals surface area contributed by atoms with Crippen molar-refractivity contribution in [3.63, 3.8) is 0 Å². The standard InChI is InChI=1S/C17H16BrN3.ClH/c18-14-8-6-13(7-9-14)12-21-16-5-2-1-4-15(16)20-11-3-10-19-17(20)21;/h1-2,4-9H,3,10-12H2;1H/p-1. The number of anilines is 2. The molecule has 0 bridgehead atoms. The van der Waals surface area contributed by atoms with Gasteiger partial charge in [-0.1, -0.05) is 40.2 Å². The second-order valence-corrected chi connectivity index (χ2v) is 6.30. The highest BCUT2D eigenvalue weighted by molar-refractivity contribution is 9.10. The fourth-order valence-electron chi connectivity index (χ4n) is 3.01. The molecule has 0 atom stereocenters. The van der Waals surface area contributed by atoms with Crippen LogP contribution in [0.4, 0.5) is 11.4 Å². The molecule has 0 aromatic heterocycles. The minimum atomic E-state index is 0. The Morgan fingerprint density at radius 3 is 2.50 bits per heavy atom. The van der Waals surface area contributed by atoms with Crippen LogP contribution in [0.15, 0.2) is 58.0 Å². The van der Waals surface area contributed by atoms with Gasteiger partial charge in [-0.3, -0.25) is 4.99 Å². The minimum Gasteiger partial charge on any atom is -1.00 e. The van der Waals surface area contributed by atoms with Crippen LogP contribution in [0.3, 0.4) is 0 Å². The van der Waals surface area contributed by atoms with Gasteiger partial charge in [-0.15, -0.1) is 0 Å². The molecule has 2 aliphatic heterocycles. The van der Waals surface area contributed by atoms with Crippen LogP contribution in [0.25, 0.3) is 0 Å². The Morgan fingerprint density at radius 2 is 1.73 bits per heavy atom. The van der Waals surface area contributed by atoms with Gasteiger partial charge in [-0.25, -0.2) is 0 Å². The first kappa shape index (κ1) is 15.4. The molecule has 0 saturated carbocycles. The maximum absolute atomic E-state index is 4.76. The highest BCUT2D eigenvalue weighted by Crippen LogP contribution is 2.39. The minimum absolute atomic E-state index is 0. The van der Waals surface area contributed by atoms with Crippen LogP contribution in [0, 0.1) is 0 Å². The molecule has 0 fully saturated rings. The van der Waals surface area contributed by atoms with Gasteiger partial charge in [0.25, 0.3) is 0 Å². The molecule has 2 aliphatic rings. The maximum atomic E-state index is 4.76. The van der Waals surface area contributed by atoms with Crippen molar-refractivity contribution in [3.8, 4) is 0 Å². The summed E-state index contributed by atoms with van der Waals surface area (Å²) < 4.78 is 1.12. The van der Waals surface area contributed by atoms with Crippen molar-refractivity contribution in [1.82, 2.24) is 0 Å². The third kappa shape index (κ3) is 2.61. The first-order valence-electron chi connectivity index (χ1n) is 7.26. The number of aliphatic imine (C=N–C) groups is 1. The van der Waals surface area contributed by atoms with Crippen molar-refractivity contribution >= 4 is 33.3 Å². The lowest BCUT2D eigenvalue weighted by molar-refractivity contribution is -0.00000399. The molecule has 0 unspecified atom stereocenters. The molecular formula is C17H16BrClN3-. The summed E-state index contributed by atoms with van der Waals surface area (Å²) in [6.07, 6.45) is 1.13. The summed E-state index contributed by atoms with van der Waals surface area (Å²) in [7, 11) is 0. The normalized spacial score (nSPS) is 15.8. The summed E-state index contributed by atoms with van der Waals surface area (Å²) in [5, 5.41) is 0. The van der Waals surface area contributed by atoms with Gasteiger partial charge in [0.05, 0.1) is 17.9 Å². The number of hydrogen-bond acceptors (Lipinski definition) is 3. The average molecular weight is 378 g/mol. The summed E-state index contributed by atoms with van der Waals surface area (Å²) in [5.74, 6) is 1.10. The van der Waals surface area contributed by atoms with Gasteiger partial charge in [0, 0.05) is 17.6 Å². The number of hydrogen-bond donors (Lipinski definition) is 0. The largest absolute Gasteiger partial charge is 1.00 e. The van der Waals surface area contributed by atoms with Gasteiger partial charge < -0.3 is 22.2 Å². The summed E-state index contributed by atoms with van der Waals surface area (Å²) in [5.41, 5.74) is 3.84. The Balaban J connectivity index is 0.00000144. The van der Waals surface area contributed by atoms with Crippen LogP contribution >= 0.6 is 15.9 Å². The van der Waals surface area contributed by atoms with E-state index in [0.29, 0.717) is 0 Å². The third-order valence-corrected chi connectivity index (χ3v) is 4.52. The highest BCUT2D eigenvalue weighted by Gasteiger charge is 2.33. The zero-order chi connectivity index (χ0) is 14.2. The fourth-order valence-corrected chi connectivity index (χ4v) is 3.27. The predicted molar refractivity (Wildman–Crippen MR) is 91.0 cm³/mol. The molecule has 0 saturated heterocycles. The van der Waals surface area contributed by atoms with E-state index in [0.717, 1.165) is 36.5 Å². The molecule has 2 aromatic rings. The highest BCUT2D eigenvalue weighted by atomic mass is 79.9. The van der Waals surface area contributed by atoms with E-state index in [1.165, 1.54) is 16.9 Å². The van der Waals surface area contributed by atoms with E-state index in [2.05, 4.69) is 74.3 Å². The lowest BCUT2D eigenvalue weighted by atomic mass is 10.2. The number of halogens is 2. The number of para-hydroxylation sites is 2. The molecule has 2 aromatic carbocycles. The number of nitrogens with zero attached hydrogens (tertiary/aromatic N) is 3. The first-order valence-corrected chi connectivity index (χ1v) is 8.05. The summed E-state index contributed by atoms with van der Waals surface area (Å²) in [6, 6.07) is 17.1. The van der Waals surface area contributed by atoms with Gasteiger partial charge in [0.1, 0.15) is 0 Å². The molecule has 0 N–H and O–H groups in total. The van der Waals surface area contributed by atoms with Crippen molar-refractivity contribution in [2.75, 3.05) is 22.9 Å². The molecule has 0 radical (unpaired) electrons. The molecule has 0 spiro atoms. The number of guanidine groups is 1. The van der Waals surface area contributed by atoms with Crippen molar-refractivity contribution < 1.29 is 12.4 Å². The van der Waals surface area contributed by atoms with Crippen LogP contribution in [0.1, 0.15) is 12.0 Å². The summed E-state index contributed by atoms with van der Waals surface area (Å²) in [6.45, 7) is 2.85. The predicted octanol–water partition coefficient (Wildman–Crippen LogP) is 1.04. The Bertz CT molecular complexity index is 699. The lowest BCUT2D eigenvalue weighted by Crippen LogP contribution is -3.00. The van der Waals surface area contributed by atoms with E-state index in [1.54, 1.807) is 0 Å². The fraction of sp³-hybridized carbons (Fsp3) is 0.235. The Hall–Kier alpha value is -1.52. The molecule has 22 heavy (non-hydrogen) atoms. The van der Waals surface area contributed by atoms with E-state index in [4.69, 9.17) is 4.99 Å². The molecular weight excluding hydrogens is 362 g/mol. The second-order valence-electron chi connectivity index (χ2n) is 5.39. The summed E-state index contributed by atoms with van der Waals surface area (Å²) in [4.78, 5) is 9.44. The molecule has 114 valence electrons. The van der Waals surface area contributed by atoms with Gasteiger partial charge >= 0.3 is 0 Å². The molecule has 4 rings (SSSR count). The zero-order valence-electron chi connectivity index (χ0n) is 12.0. The smallest absolute Gasteiger partial charge is 0.206 e. The SMILES string of the molecule is Brc1ccc(CN2C3=NCCCN3c3ccccc32)cc1.[Cl-]. The molecule has 5 heteroatoms. The van der Waals surface area contributed by atoms with Crippen LogP contribution in [0.5, 0.6) is 0 Å². The molecule has 3 nitrogen and oxygen atoms in total. The van der Waals surface area contributed by atoms with Crippen molar-refractivity contribution in [2.45, 2.75) is 13.0 Å². The first-order chi connectivity index (χ1) is 10.3. The average Bonchev–Trinajstić information content (AvgIpc) is 2.85.